The molecule has 0 saturated heterocycles. The van der Waals surface area contributed by atoms with Crippen molar-refractivity contribution in [3.05, 3.63) is 56.5 Å². The number of aryl methyl sites for hydroxylation is 1. The molecule has 1 N–H and O–H groups in total. The number of amides is 1. The molecule has 3 nitrogen and oxygen atoms in total. The van der Waals surface area contributed by atoms with Crippen molar-refractivity contribution in [2.24, 2.45) is 0 Å². The minimum absolute atomic E-state index is 0.119. The van der Waals surface area contributed by atoms with Gasteiger partial charge in [-0.15, -0.1) is 0 Å². The van der Waals surface area contributed by atoms with E-state index < -0.39 is 0 Å². The molecular formula is C16H16Br2N2O. The van der Waals surface area contributed by atoms with E-state index in [1.165, 1.54) is 0 Å². The molecule has 0 bridgehead atoms. The van der Waals surface area contributed by atoms with Crippen molar-refractivity contribution in [2.75, 3.05) is 24.3 Å². The van der Waals surface area contributed by atoms with Crippen molar-refractivity contribution in [3.63, 3.8) is 0 Å². The maximum atomic E-state index is 12.4. The van der Waals surface area contributed by atoms with Crippen LogP contribution in [0.2, 0.25) is 0 Å². The number of hydrogen-bond donors (Lipinski definition) is 1. The van der Waals surface area contributed by atoms with Gasteiger partial charge in [-0.25, -0.2) is 0 Å². The van der Waals surface area contributed by atoms with E-state index in [1.807, 2.05) is 56.3 Å². The molecule has 110 valence electrons. The van der Waals surface area contributed by atoms with Gasteiger partial charge in [-0.05, 0) is 48.9 Å². The number of carbonyl (C=O) groups is 1. The molecule has 0 fully saturated rings. The Morgan fingerprint density at radius 3 is 2.43 bits per heavy atom. The minimum atomic E-state index is -0.119. The fourth-order valence-corrected chi connectivity index (χ4v) is 2.59. The van der Waals surface area contributed by atoms with E-state index in [0.29, 0.717) is 5.56 Å². The molecule has 2 aromatic rings. The molecule has 0 atom stereocenters. The lowest BCUT2D eigenvalue weighted by Crippen LogP contribution is -2.16. The molecule has 2 rings (SSSR count). The van der Waals surface area contributed by atoms with Crippen LogP contribution in [0.5, 0.6) is 0 Å². The zero-order chi connectivity index (χ0) is 15.6. The lowest BCUT2D eigenvalue weighted by Gasteiger charge is -2.18. The maximum Gasteiger partial charge on any atom is 0.255 e. The molecule has 0 aromatic heterocycles. The van der Waals surface area contributed by atoms with E-state index in [0.717, 1.165) is 25.9 Å². The molecule has 0 aliphatic rings. The SMILES string of the molecule is Cc1cc(C(=O)Nc2cc(Br)ccc2N(C)C)ccc1Br. The molecule has 1 amide bonds. The first-order valence-electron chi connectivity index (χ1n) is 6.43. The minimum Gasteiger partial charge on any atom is -0.376 e. The Balaban J connectivity index is 2.30. The van der Waals surface area contributed by atoms with Crippen molar-refractivity contribution in [2.45, 2.75) is 6.92 Å². The fraction of sp³-hybridized carbons (Fsp3) is 0.188. The van der Waals surface area contributed by atoms with Gasteiger partial charge < -0.3 is 10.2 Å². The Hall–Kier alpha value is -1.33. The summed E-state index contributed by atoms with van der Waals surface area (Å²) in [5.41, 5.74) is 3.41. The van der Waals surface area contributed by atoms with Gasteiger partial charge in [-0.2, -0.15) is 0 Å². The Morgan fingerprint density at radius 2 is 1.81 bits per heavy atom. The molecule has 0 radical (unpaired) electrons. The van der Waals surface area contributed by atoms with Crippen molar-refractivity contribution in [3.8, 4) is 0 Å². The third-order valence-corrected chi connectivity index (χ3v) is 4.49. The van der Waals surface area contributed by atoms with Crippen LogP contribution in [-0.4, -0.2) is 20.0 Å². The largest absolute Gasteiger partial charge is 0.376 e. The van der Waals surface area contributed by atoms with Crippen LogP contribution in [0.3, 0.4) is 0 Å². The van der Waals surface area contributed by atoms with Crippen LogP contribution in [0.1, 0.15) is 15.9 Å². The maximum absolute atomic E-state index is 12.4. The second-order valence-electron chi connectivity index (χ2n) is 4.97. The molecule has 0 aliphatic carbocycles. The summed E-state index contributed by atoms with van der Waals surface area (Å²) in [6, 6.07) is 11.4. The van der Waals surface area contributed by atoms with Gasteiger partial charge >= 0.3 is 0 Å². The molecular weight excluding hydrogens is 396 g/mol. The van der Waals surface area contributed by atoms with Crippen molar-refractivity contribution in [1.29, 1.82) is 0 Å². The third-order valence-electron chi connectivity index (χ3n) is 3.11. The van der Waals surface area contributed by atoms with Crippen LogP contribution in [0.4, 0.5) is 11.4 Å². The van der Waals surface area contributed by atoms with Gasteiger partial charge in [-0.3, -0.25) is 4.79 Å². The van der Waals surface area contributed by atoms with E-state index >= 15 is 0 Å². The van der Waals surface area contributed by atoms with Crippen molar-refractivity contribution >= 4 is 49.1 Å². The predicted molar refractivity (Wildman–Crippen MR) is 95.3 cm³/mol. The van der Waals surface area contributed by atoms with Gasteiger partial charge in [0, 0.05) is 28.6 Å². The Kier molecular flexibility index (Phi) is 5.06. The number of rotatable bonds is 3. The number of benzene rings is 2. The second kappa shape index (κ2) is 6.62. The molecule has 21 heavy (non-hydrogen) atoms. The second-order valence-corrected chi connectivity index (χ2v) is 6.74. The summed E-state index contributed by atoms with van der Waals surface area (Å²) in [6.07, 6.45) is 0. The summed E-state index contributed by atoms with van der Waals surface area (Å²) in [6.45, 7) is 1.96. The van der Waals surface area contributed by atoms with Crippen LogP contribution in [0.25, 0.3) is 0 Å². The smallest absolute Gasteiger partial charge is 0.255 e. The summed E-state index contributed by atoms with van der Waals surface area (Å²) in [4.78, 5) is 14.4. The molecule has 0 spiro atoms. The monoisotopic (exact) mass is 410 g/mol. The third kappa shape index (κ3) is 3.86. The predicted octanol–water partition coefficient (Wildman–Crippen LogP) is 4.84. The van der Waals surface area contributed by atoms with Crippen LogP contribution in [0.15, 0.2) is 45.3 Å². The lowest BCUT2D eigenvalue weighted by molar-refractivity contribution is 0.102. The van der Waals surface area contributed by atoms with Crippen molar-refractivity contribution in [1.82, 2.24) is 0 Å². The number of nitrogens with zero attached hydrogens (tertiary/aromatic N) is 1. The highest BCUT2D eigenvalue weighted by atomic mass is 79.9. The molecule has 0 heterocycles. The topological polar surface area (TPSA) is 32.3 Å². The fourth-order valence-electron chi connectivity index (χ4n) is 1.98. The van der Waals surface area contributed by atoms with Crippen LogP contribution in [0, 0.1) is 6.92 Å². The number of hydrogen-bond acceptors (Lipinski definition) is 2. The number of halogens is 2. The van der Waals surface area contributed by atoms with Crippen LogP contribution < -0.4 is 10.2 Å². The van der Waals surface area contributed by atoms with Crippen LogP contribution in [-0.2, 0) is 0 Å². The Labute approximate surface area is 141 Å². The molecule has 2 aromatic carbocycles. The Bertz CT molecular complexity index is 684. The van der Waals surface area contributed by atoms with E-state index in [9.17, 15) is 4.79 Å². The van der Waals surface area contributed by atoms with Gasteiger partial charge in [0.2, 0.25) is 0 Å². The quantitative estimate of drug-likeness (QED) is 0.783. The standard InChI is InChI=1S/C16H16Br2N2O/c1-10-8-11(4-6-13(10)18)16(21)19-14-9-12(17)5-7-15(14)20(2)3/h4-9H,1-3H3,(H,19,21). The number of anilines is 2. The summed E-state index contributed by atoms with van der Waals surface area (Å²) >= 11 is 6.88. The van der Waals surface area contributed by atoms with E-state index in [4.69, 9.17) is 0 Å². The number of nitrogens with one attached hydrogen (secondary N) is 1. The molecule has 0 saturated carbocycles. The zero-order valence-electron chi connectivity index (χ0n) is 12.1. The molecule has 0 unspecified atom stereocenters. The van der Waals surface area contributed by atoms with Crippen molar-refractivity contribution < 1.29 is 4.79 Å². The number of carbonyl (C=O) groups excluding carboxylic acids is 1. The first-order chi connectivity index (χ1) is 9.88. The highest BCUT2D eigenvalue weighted by molar-refractivity contribution is 9.10. The van der Waals surface area contributed by atoms with E-state index in [2.05, 4.69) is 37.2 Å². The van der Waals surface area contributed by atoms with E-state index in [-0.39, 0.29) is 5.91 Å². The average molecular weight is 412 g/mol. The summed E-state index contributed by atoms with van der Waals surface area (Å²) in [7, 11) is 3.89. The highest BCUT2D eigenvalue weighted by Crippen LogP contribution is 2.28. The van der Waals surface area contributed by atoms with Gasteiger partial charge in [0.25, 0.3) is 5.91 Å². The molecule has 5 heteroatoms. The highest BCUT2D eigenvalue weighted by Gasteiger charge is 2.11. The van der Waals surface area contributed by atoms with E-state index in [1.54, 1.807) is 6.07 Å². The van der Waals surface area contributed by atoms with Gasteiger partial charge in [-0.1, -0.05) is 31.9 Å². The first kappa shape index (κ1) is 16.0. The normalized spacial score (nSPS) is 10.3. The first-order valence-corrected chi connectivity index (χ1v) is 8.01. The van der Waals surface area contributed by atoms with Gasteiger partial charge in [0.15, 0.2) is 0 Å². The molecule has 0 aliphatic heterocycles. The van der Waals surface area contributed by atoms with Crippen LogP contribution >= 0.6 is 31.9 Å². The van der Waals surface area contributed by atoms with Gasteiger partial charge in [0.05, 0.1) is 11.4 Å². The average Bonchev–Trinajstić information content (AvgIpc) is 2.41. The summed E-state index contributed by atoms with van der Waals surface area (Å²) in [5, 5.41) is 2.97. The zero-order valence-corrected chi connectivity index (χ0v) is 15.2. The summed E-state index contributed by atoms with van der Waals surface area (Å²) < 4.78 is 1.92. The Morgan fingerprint density at radius 1 is 1.10 bits per heavy atom. The van der Waals surface area contributed by atoms with Gasteiger partial charge in [0.1, 0.15) is 0 Å². The lowest BCUT2D eigenvalue weighted by atomic mass is 10.1. The summed E-state index contributed by atoms with van der Waals surface area (Å²) in [5.74, 6) is -0.119.